The van der Waals surface area contributed by atoms with Crippen molar-refractivity contribution in [1.82, 2.24) is 30.2 Å². The number of nitrogens with zero attached hydrogens (tertiary/aromatic N) is 7. The van der Waals surface area contributed by atoms with Crippen LogP contribution in [0.2, 0.25) is 0 Å². The van der Waals surface area contributed by atoms with Gasteiger partial charge in [0.25, 0.3) is 5.91 Å². The van der Waals surface area contributed by atoms with E-state index in [2.05, 4.69) is 25.5 Å². The smallest absolute Gasteiger partial charge is 0.260 e. The molecule has 1 aliphatic heterocycles. The van der Waals surface area contributed by atoms with Crippen LogP contribution in [0.4, 0.5) is 5.82 Å². The van der Waals surface area contributed by atoms with Crippen molar-refractivity contribution in [2.45, 2.75) is 33.2 Å². The van der Waals surface area contributed by atoms with Gasteiger partial charge in [-0.1, -0.05) is 32.0 Å². The standard InChI is InChI=1S/C23H21N7O/c1-14(2)22-26-27-28-30(22)21-6-4-5-20(25-21)29-13-17-8-7-16(11-18(17)23(29)31)19-12-24-10-9-15(19)3/h4-12,14H,13H2,1-3H3. The van der Waals surface area contributed by atoms with Crippen LogP contribution < -0.4 is 4.90 Å². The maximum Gasteiger partial charge on any atom is 0.260 e. The summed E-state index contributed by atoms with van der Waals surface area (Å²) in [5.74, 6) is 1.96. The fourth-order valence-corrected chi connectivity index (χ4v) is 3.82. The first kappa shape index (κ1) is 19.0. The Morgan fingerprint density at radius 2 is 1.87 bits per heavy atom. The van der Waals surface area contributed by atoms with Crippen molar-refractivity contribution in [3.05, 3.63) is 77.4 Å². The van der Waals surface area contributed by atoms with Crippen molar-refractivity contribution < 1.29 is 4.79 Å². The highest BCUT2D eigenvalue weighted by Gasteiger charge is 2.30. The Morgan fingerprint density at radius 3 is 2.68 bits per heavy atom. The number of pyridine rings is 2. The molecule has 0 saturated carbocycles. The molecule has 31 heavy (non-hydrogen) atoms. The lowest BCUT2D eigenvalue weighted by atomic mass is 9.99. The molecule has 0 aliphatic carbocycles. The summed E-state index contributed by atoms with van der Waals surface area (Å²) >= 11 is 0. The van der Waals surface area contributed by atoms with Gasteiger partial charge in [-0.3, -0.25) is 14.7 Å². The van der Waals surface area contributed by atoms with Crippen LogP contribution in [0, 0.1) is 6.92 Å². The van der Waals surface area contributed by atoms with E-state index in [1.807, 2.05) is 69.4 Å². The topological polar surface area (TPSA) is 89.7 Å². The molecular weight excluding hydrogens is 390 g/mol. The van der Waals surface area contributed by atoms with Crippen LogP contribution in [-0.2, 0) is 6.54 Å². The molecule has 0 N–H and O–H groups in total. The van der Waals surface area contributed by atoms with E-state index < -0.39 is 0 Å². The van der Waals surface area contributed by atoms with Crippen LogP contribution in [0.25, 0.3) is 16.9 Å². The maximum atomic E-state index is 13.3. The van der Waals surface area contributed by atoms with Gasteiger partial charge in [-0.2, -0.15) is 4.68 Å². The summed E-state index contributed by atoms with van der Waals surface area (Å²) in [5.41, 5.74) is 4.80. The summed E-state index contributed by atoms with van der Waals surface area (Å²) in [5, 5.41) is 11.9. The highest BCUT2D eigenvalue weighted by Crippen LogP contribution is 2.32. The Kier molecular flexibility index (Phi) is 4.54. The number of aryl methyl sites for hydroxylation is 1. The second-order valence-electron chi connectivity index (χ2n) is 7.91. The number of carbonyl (C=O) groups excluding carboxylic acids is 1. The first-order valence-corrected chi connectivity index (χ1v) is 10.1. The van der Waals surface area contributed by atoms with Crippen LogP contribution in [0.3, 0.4) is 0 Å². The van der Waals surface area contributed by atoms with Gasteiger partial charge in [0.1, 0.15) is 5.82 Å². The molecule has 0 atom stereocenters. The predicted octanol–water partition coefficient (Wildman–Crippen LogP) is 3.71. The second-order valence-corrected chi connectivity index (χ2v) is 7.91. The van der Waals surface area contributed by atoms with Gasteiger partial charge < -0.3 is 0 Å². The Morgan fingerprint density at radius 1 is 1.03 bits per heavy atom. The monoisotopic (exact) mass is 411 g/mol. The molecule has 0 bridgehead atoms. The Hall–Kier alpha value is -3.94. The van der Waals surface area contributed by atoms with Gasteiger partial charge in [-0.15, -0.1) is 5.10 Å². The summed E-state index contributed by atoms with van der Waals surface area (Å²) < 4.78 is 1.62. The number of anilines is 1. The van der Waals surface area contributed by atoms with Gasteiger partial charge >= 0.3 is 0 Å². The second kappa shape index (κ2) is 7.39. The van der Waals surface area contributed by atoms with Gasteiger partial charge in [0.05, 0.1) is 6.54 Å². The largest absolute Gasteiger partial charge is 0.288 e. The minimum atomic E-state index is -0.0659. The van der Waals surface area contributed by atoms with Crippen molar-refractivity contribution in [3.8, 4) is 16.9 Å². The molecular formula is C23H21N7O. The van der Waals surface area contributed by atoms with Gasteiger partial charge in [-0.25, -0.2) is 4.98 Å². The van der Waals surface area contributed by atoms with Crippen LogP contribution in [0.1, 0.15) is 47.1 Å². The van der Waals surface area contributed by atoms with Crippen molar-refractivity contribution >= 4 is 11.7 Å². The van der Waals surface area contributed by atoms with E-state index in [4.69, 9.17) is 0 Å². The van der Waals surface area contributed by atoms with Crippen molar-refractivity contribution in [2.75, 3.05) is 4.90 Å². The minimum absolute atomic E-state index is 0.0659. The molecule has 154 valence electrons. The third-order valence-corrected chi connectivity index (χ3v) is 5.49. The Bertz CT molecular complexity index is 1290. The fraction of sp³-hybridized carbons (Fsp3) is 0.217. The molecule has 0 unspecified atom stereocenters. The molecule has 8 nitrogen and oxygen atoms in total. The van der Waals surface area contributed by atoms with E-state index in [1.165, 1.54) is 0 Å². The number of rotatable bonds is 4. The predicted molar refractivity (Wildman–Crippen MR) is 116 cm³/mol. The zero-order chi connectivity index (χ0) is 21.5. The van der Waals surface area contributed by atoms with Gasteiger partial charge in [-0.05, 0) is 58.3 Å². The molecule has 4 aromatic rings. The average Bonchev–Trinajstić information content (AvgIpc) is 3.39. The van der Waals surface area contributed by atoms with Gasteiger partial charge in [0, 0.05) is 29.4 Å². The molecule has 5 rings (SSSR count). The minimum Gasteiger partial charge on any atom is -0.288 e. The summed E-state index contributed by atoms with van der Waals surface area (Å²) in [6.07, 6.45) is 3.60. The lowest BCUT2D eigenvalue weighted by Crippen LogP contribution is -2.24. The van der Waals surface area contributed by atoms with E-state index in [0.717, 1.165) is 28.1 Å². The molecule has 3 aromatic heterocycles. The van der Waals surface area contributed by atoms with Crippen LogP contribution in [0.15, 0.2) is 54.9 Å². The average molecular weight is 411 g/mol. The first-order valence-electron chi connectivity index (χ1n) is 10.1. The lowest BCUT2D eigenvalue weighted by molar-refractivity contribution is 0.0996. The van der Waals surface area contributed by atoms with Crippen LogP contribution >= 0.6 is 0 Å². The van der Waals surface area contributed by atoms with Crippen LogP contribution in [0.5, 0.6) is 0 Å². The van der Waals surface area contributed by atoms with Crippen LogP contribution in [-0.4, -0.2) is 36.1 Å². The van der Waals surface area contributed by atoms with E-state index in [9.17, 15) is 4.79 Å². The number of benzene rings is 1. The number of carbonyl (C=O) groups is 1. The molecule has 1 aliphatic rings. The molecule has 1 aromatic carbocycles. The maximum absolute atomic E-state index is 13.3. The molecule has 1 amide bonds. The number of fused-ring (bicyclic) bond motifs is 1. The molecule has 0 spiro atoms. The summed E-state index contributed by atoms with van der Waals surface area (Å²) in [6.45, 7) is 6.56. The SMILES string of the molecule is Cc1ccncc1-c1ccc2c(c1)C(=O)N(c1cccc(-n3nnnc3C(C)C)n1)C2. The normalized spacial score (nSPS) is 13.2. The zero-order valence-electron chi connectivity index (χ0n) is 17.5. The molecule has 0 radical (unpaired) electrons. The lowest BCUT2D eigenvalue weighted by Gasteiger charge is -2.15. The zero-order valence-corrected chi connectivity index (χ0v) is 17.5. The molecule has 4 heterocycles. The Labute approximate surface area is 179 Å². The van der Waals surface area contributed by atoms with E-state index in [1.54, 1.807) is 15.8 Å². The summed E-state index contributed by atoms with van der Waals surface area (Å²) in [7, 11) is 0. The van der Waals surface area contributed by atoms with Crippen molar-refractivity contribution in [1.29, 1.82) is 0 Å². The van der Waals surface area contributed by atoms with E-state index >= 15 is 0 Å². The molecule has 0 saturated heterocycles. The Balaban J connectivity index is 1.49. The highest BCUT2D eigenvalue weighted by atomic mass is 16.2. The van der Waals surface area contributed by atoms with Crippen molar-refractivity contribution in [2.24, 2.45) is 0 Å². The molecule has 0 fully saturated rings. The van der Waals surface area contributed by atoms with E-state index in [0.29, 0.717) is 23.7 Å². The number of tetrazole rings is 1. The van der Waals surface area contributed by atoms with E-state index in [-0.39, 0.29) is 11.8 Å². The third kappa shape index (κ3) is 3.26. The quantitative estimate of drug-likeness (QED) is 0.509. The fourth-order valence-electron chi connectivity index (χ4n) is 3.82. The number of aromatic nitrogens is 6. The summed E-state index contributed by atoms with van der Waals surface area (Å²) in [6, 6.07) is 13.5. The number of hydrogen-bond acceptors (Lipinski definition) is 6. The first-order chi connectivity index (χ1) is 15.0. The highest BCUT2D eigenvalue weighted by molar-refractivity contribution is 6.10. The van der Waals surface area contributed by atoms with Gasteiger partial charge in [0.15, 0.2) is 11.6 Å². The third-order valence-electron chi connectivity index (χ3n) is 5.49. The number of hydrogen-bond donors (Lipinski definition) is 0. The molecule has 8 heteroatoms. The summed E-state index contributed by atoms with van der Waals surface area (Å²) in [4.78, 5) is 23.9. The number of amides is 1. The van der Waals surface area contributed by atoms with Gasteiger partial charge in [0.2, 0.25) is 0 Å². The van der Waals surface area contributed by atoms with Crippen molar-refractivity contribution in [3.63, 3.8) is 0 Å².